The van der Waals surface area contributed by atoms with Crippen LogP contribution in [0.4, 0.5) is 11.4 Å². The van der Waals surface area contributed by atoms with Crippen molar-refractivity contribution in [2.75, 3.05) is 5.32 Å². The van der Waals surface area contributed by atoms with Crippen LogP contribution in [0.1, 0.15) is 11.4 Å². The summed E-state index contributed by atoms with van der Waals surface area (Å²) in [6.07, 6.45) is 1.84. The van der Waals surface area contributed by atoms with E-state index in [1.807, 2.05) is 35.7 Å². The molecule has 10 heteroatoms. The van der Waals surface area contributed by atoms with E-state index in [4.69, 9.17) is 5.14 Å². The molecular weight excluding hydrogens is 346 g/mol. The summed E-state index contributed by atoms with van der Waals surface area (Å²) in [5.74, 6) is 0. The number of imidazole rings is 1. The first kappa shape index (κ1) is 16.9. The number of nitro groups is 1. The van der Waals surface area contributed by atoms with Crippen molar-refractivity contribution >= 4 is 27.0 Å². The number of pyridine rings is 1. The van der Waals surface area contributed by atoms with Crippen LogP contribution in [0.3, 0.4) is 0 Å². The molecule has 0 radical (unpaired) electrons. The molecule has 0 saturated heterocycles. The number of rotatable bonds is 5. The number of non-ortho nitro benzene ring substituents is 1. The number of sulfonamides is 1. The second-order valence-electron chi connectivity index (χ2n) is 5.50. The van der Waals surface area contributed by atoms with Gasteiger partial charge in [0.2, 0.25) is 10.0 Å². The highest BCUT2D eigenvalue weighted by molar-refractivity contribution is 7.89. The first-order chi connectivity index (χ1) is 11.7. The Morgan fingerprint density at radius 1 is 1.32 bits per heavy atom. The molecule has 3 aromatic rings. The fourth-order valence-electron chi connectivity index (χ4n) is 2.43. The zero-order valence-electron chi connectivity index (χ0n) is 13.2. The first-order valence-corrected chi connectivity index (χ1v) is 8.78. The molecule has 2 heterocycles. The minimum Gasteiger partial charge on any atom is -0.379 e. The molecule has 1 aromatic carbocycles. The van der Waals surface area contributed by atoms with Crippen molar-refractivity contribution in [3.63, 3.8) is 0 Å². The Hall–Kier alpha value is -2.98. The molecule has 25 heavy (non-hydrogen) atoms. The third-order valence-corrected chi connectivity index (χ3v) is 4.54. The standard InChI is InChI=1S/C15H15N5O4S/c1-10-3-2-4-15-18-12(9-19(10)15)8-17-11-5-13(20(21)22)7-14(6-11)25(16,23)24/h2-7,9,17H,8H2,1H3,(H2,16,23,24). The van der Waals surface area contributed by atoms with Crippen LogP contribution >= 0.6 is 0 Å². The van der Waals surface area contributed by atoms with Crippen LogP contribution in [-0.2, 0) is 16.6 Å². The smallest absolute Gasteiger partial charge is 0.272 e. The van der Waals surface area contributed by atoms with Crippen molar-refractivity contribution in [3.8, 4) is 0 Å². The third kappa shape index (κ3) is 3.59. The fraction of sp³-hybridized carbons (Fsp3) is 0.133. The molecule has 0 aliphatic heterocycles. The van der Waals surface area contributed by atoms with E-state index in [2.05, 4.69) is 10.3 Å². The maximum atomic E-state index is 11.5. The van der Waals surface area contributed by atoms with Gasteiger partial charge in [0.25, 0.3) is 5.69 Å². The van der Waals surface area contributed by atoms with Crippen molar-refractivity contribution < 1.29 is 13.3 Å². The van der Waals surface area contributed by atoms with Gasteiger partial charge in [-0.3, -0.25) is 10.1 Å². The molecule has 0 aliphatic rings. The number of primary sulfonamides is 1. The second kappa shape index (κ2) is 6.15. The fourth-order valence-corrected chi connectivity index (χ4v) is 3.01. The lowest BCUT2D eigenvalue weighted by molar-refractivity contribution is -0.385. The van der Waals surface area contributed by atoms with E-state index in [1.54, 1.807) is 0 Å². The Bertz CT molecular complexity index is 1070. The van der Waals surface area contributed by atoms with Gasteiger partial charge in [0.1, 0.15) is 5.65 Å². The molecule has 0 bridgehead atoms. The van der Waals surface area contributed by atoms with Crippen LogP contribution in [0.25, 0.3) is 5.65 Å². The average Bonchev–Trinajstić information content (AvgIpc) is 2.96. The Labute approximate surface area is 143 Å². The van der Waals surface area contributed by atoms with E-state index in [0.29, 0.717) is 5.69 Å². The summed E-state index contributed by atoms with van der Waals surface area (Å²) in [7, 11) is -4.05. The number of nitrogens with two attached hydrogens (primary N) is 1. The van der Waals surface area contributed by atoms with Gasteiger partial charge in [-0.2, -0.15) is 0 Å². The van der Waals surface area contributed by atoms with Crippen LogP contribution in [0, 0.1) is 17.0 Å². The van der Waals surface area contributed by atoms with Crippen LogP contribution in [-0.4, -0.2) is 22.7 Å². The monoisotopic (exact) mass is 361 g/mol. The van der Waals surface area contributed by atoms with Gasteiger partial charge in [0.05, 0.1) is 22.1 Å². The molecule has 0 fully saturated rings. The van der Waals surface area contributed by atoms with Gasteiger partial charge in [0, 0.05) is 29.7 Å². The molecule has 0 aliphatic carbocycles. The number of aromatic nitrogens is 2. The number of nitrogens with zero attached hydrogens (tertiary/aromatic N) is 3. The number of hydrogen-bond donors (Lipinski definition) is 2. The van der Waals surface area contributed by atoms with Crippen LogP contribution in [0.5, 0.6) is 0 Å². The quantitative estimate of drug-likeness (QED) is 0.526. The largest absolute Gasteiger partial charge is 0.379 e. The summed E-state index contributed by atoms with van der Waals surface area (Å²) >= 11 is 0. The first-order valence-electron chi connectivity index (χ1n) is 7.24. The number of fused-ring (bicyclic) bond motifs is 1. The van der Waals surface area contributed by atoms with Gasteiger partial charge >= 0.3 is 0 Å². The lowest BCUT2D eigenvalue weighted by Crippen LogP contribution is -2.13. The van der Waals surface area contributed by atoms with Crippen LogP contribution in [0.2, 0.25) is 0 Å². The van der Waals surface area contributed by atoms with E-state index in [-0.39, 0.29) is 22.8 Å². The molecule has 0 spiro atoms. The van der Waals surface area contributed by atoms with E-state index in [1.165, 1.54) is 12.1 Å². The summed E-state index contributed by atoms with van der Waals surface area (Å²) in [6.45, 7) is 2.22. The van der Waals surface area contributed by atoms with E-state index >= 15 is 0 Å². The summed E-state index contributed by atoms with van der Waals surface area (Å²) in [6, 6.07) is 9.13. The predicted molar refractivity (Wildman–Crippen MR) is 91.7 cm³/mol. The van der Waals surface area contributed by atoms with Gasteiger partial charge in [-0.05, 0) is 25.1 Å². The number of anilines is 1. The van der Waals surface area contributed by atoms with E-state index < -0.39 is 14.9 Å². The zero-order chi connectivity index (χ0) is 18.2. The van der Waals surface area contributed by atoms with Crippen LogP contribution < -0.4 is 10.5 Å². The van der Waals surface area contributed by atoms with Crippen molar-refractivity contribution in [3.05, 3.63) is 64.1 Å². The molecule has 9 nitrogen and oxygen atoms in total. The topological polar surface area (TPSA) is 133 Å². The second-order valence-corrected chi connectivity index (χ2v) is 7.06. The van der Waals surface area contributed by atoms with Crippen LogP contribution in [0.15, 0.2) is 47.5 Å². The van der Waals surface area contributed by atoms with E-state index in [9.17, 15) is 18.5 Å². The van der Waals surface area contributed by atoms with Gasteiger partial charge in [-0.15, -0.1) is 0 Å². The SMILES string of the molecule is Cc1cccc2nc(CNc3cc([N+](=O)[O-])cc(S(N)(=O)=O)c3)cn12. The van der Waals surface area contributed by atoms with Crippen molar-refractivity contribution in [2.24, 2.45) is 5.14 Å². The Balaban J connectivity index is 1.90. The molecule has 0 amide bonds. The highest BCUT2D eigenvalue weighted by Crippen LogP contribution is 2.24. The highest BCUT2D eigenvalue weighted by Gasteiger charge is 2.16. The summed E-state index contributed by atoms with van der Waals surface area (Å²) in [5, 5.41) is 19.0. The predicted octanol–water partition coefficient (Wildman–Crippen LogP) is 1.81. The maximum absolute atomic E-state index is 11.5. The lowest BCUT2D eigenvalue weighted by Gasteiger charge is -2.06. The number of hydrogen-bond acceptors (Lipinski definition) is 6. The molecule has 3 N–H and O–H groups in total. The molecule has 2 aromatic heterocycles. The molecule has 3 rings (SSSR count). The van der Waals surface area contributed by atoms with Crippen molar-refractivity contribution in [1.29, 1.82) is 0 Å². The Morgan fingerprint density at radius 3 is 2.72 bits per heavy atom. The number of nitro benzene ring substituents is 1. The zero-order valence-corrected chi connectivity index (χ0v) is 14.0. The van der Waals surface area contributed by atoms with E-state index in [0.717, 1.165) is 17.4 Å². The Kier molecular flexibility index (Phi) is 4.15. The normalized spacial score (nSPS) is 11.6. The van der Waals surface area contributed by atoms with Gasteiger partial charge in [0.15, 0.2) is 0 Å². The molecular formula is C15H15N5O4S. The maximum Gasteiger partial charge on any atom is 0.272 e. The number of nitrogens with one attached hydrogen (secondary N) is 1. The molecule has 0 atom stereocenters. The molecule has 0 saturated carbocycles. The Morgan fingerprint density at radius 2 is 2.08 bits per heavy atom. The highest BCUT2D eigenvalue weighted by atomic mass is 32.2. The molecule has 0 unspecified atom stereocenters. The minimum absolute atomic E-state index is 0.270. The van der Waals surface area contributed by atoms with Gasteiger partial charge < -0.3 is 9.72 Å². The molecule has 130 valence electrons. The summed E-state index contributed by atoms with van der Waals surface area (Å²) in [4.78, 5) is 14.4. The van der Waals surface area contributed by atoms with Crippen molar-refractivity contribution in [1.82, 2.24) is 9.38 Å². The summed E-state index contributed by atoms with van der Waals surface area (Å²) < 4.78 is 24.9. The van der Waals surface area contributed by atoms with Gasteiger partial charge in [-0.25, -0.2) is 18.5 Å². The number of benzene rings is 1. The summed E-state index contributed by atoms with van der Waals surface area (Å²) in [5.41, 5.74) is 2.41. The number of aryl methyl sites for hydroxylation is 1. The van der Waals surface area contributed by atoms with Crippen molar-refractivity contribution in [2.45, 2.75) is 18.4 Å². The third-order valence-electron chi connectivity index (χ3n) is 3.65. The average molecular weight is 361 g/mol. The lowest BCUT2D eigenvalue weighted by atomic mass is 10.2. The van der Waals surface area contributed by atoms with Gasteiger partial charge in [-0.1, -0.05) is 6.07 Å². The minimum atomic E-state index is -4.05.